The second-order valence-electron chi connectivity index (χ2n) is 5.32. The number of nitrogens with two attached hydrogens (primary N) is 1. The molecular formula is C15H19N3. The van der Waals surface area contributed by atoms with Crippen LogP contribution in [0.5, 0.6) is 0 Å². The van der Waals surface area contributed by atoms with Crippen LogP contribution in [0.1, 0.15) is 37.1 Å². The zero-order chi connectivity index (χ0) is 12.6. The Bertz CT molecular complexity index is 550. The molecule has 0 spiro atoms. The maximum absolute atomic E-state index is 6.42. The van der Waals surface area contributed by atoms with E-state index in [1.807, 2.05) is 6.20 Å². The molecule has 0 atom stereocenters. The van der Waals surface area contributed by atoms with Crippen LogP contribution in [-0.2, 0) is 5.54 Å². The van der Waals surface area contributed by atoms with E-state index in [1.165, 1.54) is 24.0 Å². The molecule has 18 heavy (non-hydrogen) atoms. The second kappa shape index (κ2) is 4.25. The van der Waals surface area contributed by atoms with E-state index < -0.39 is 0 Å². The van der Waals surface area contributed by atoms with Crippen LogP contribution in [0.25, 0.3) is 11.3 Å². The van der Waals surface area contributed by atoms with Gasteiger partial charge in [0, 0.05) is 5.56 Å². The highest BCUT2D eigenvalue weighted by molar-refractivity contribution is 5.62. The SMILES string of the molecule is Cc1ccccc1-c1cnc(C2(N)CCCC2)[nH]1. The maximum atomic E-state index is 6.42. The molecule has 1 aromatic heterocycles. The molecule has 0 bridgehead atoms. The highest BCUT2D eigenvalue weighted by atomic mass is 15.0. The van der Waals surface area contributed by atoms with Crippen LogP contribution in [0.3, 0.4) is 0 Å². The number of hydrogen-bond acceptors (Lipinski definition) is 2. The zero-order valence-corrected chi connectivity index (χ0v) is 10.7. The van der Waals surface area contributed by atoms with Gasteiger partial charge in [-0.05, 0) is 25.3 Å². The van der Waals surface area contributed by atoms with Crippen molar-refractivity contribution in [2.24, 2.45) is 5.73 Å². The molecule has 1 fully saturated rings. The molecule has 0 unspecified atom stereocenters. The van der Waals surface area contributed by atoms with Crippen molar-refractivity contribution in [2.45, 2.75) is 38.1 Å². The van der Waals surface area contributed by atoms with Crippen molar-refractivity contribution in [3.05, 3.63) is 41.9 Å². The van der Waals surface area contributed by atoms with Crippen LogP contribution >= 0.6 is 0 Å². The summed E-state index contributed by atoms with van der Waals surface area (Å²) in [6, 6.07) is 8.34. The van der Waals surface area contributed by atoms with E-state index in [0.29, 0.717) is 0 Å². The van der Waals surface area contributed by atoms with Crippen molar-refractivity contribution in [2.75, 3.05) is 0 Å². The minimum atomic E-state index is -0.235. The number of H-pyrrole nitrogens is 1. The van der Waals surface area contributed by atoms with E-state index in [-0.39, 0.29) is 5.54 Å². The number of rotatable bonds is 2. The van der Waals surface area contributed by atoms with E-state index in [0.717, 1.165) is 24.4 Å². The molecule has 3 heteroatoms. The predicted octanol–water partition coefficient (Wildman–Crippen LogP) is 3.11. The van der Waals surface area contributed by atoms with Crippen LogP contribution in [0.4, 0.5) is 0 Å². The largest absolute Gasteiger partial charge is 0.340 e. The fourth-order valence-corrected chi connectivity index (χ4v) is 2.83. The van der Waals surface area contributed by atoms with Gasteiger partial charge in [-0.2, -0.15) is 0 Å². The summed E-state index contributed by atoms with van der Waals surface area (Å²) < 4.78 is 0. The average Bonchev–Trinajstić information content (AvgIpc) is 2.99. The minimum absolute atomic E-state index is 0.235. The molecule has 2 aromatic rings. The number of hydrogen-bond donors (Lipinski definition) is 2. The van der Waals surface area contributed by atoms with Crippen LogP contribution in [0, 0.1) is 6.92 Å². The number of benzene rings is 1. The number of nitrogens with zero attached hydrogens (tertiary/aromatic N) is 1. The Morgan fingerprint density at radius 3 is 2.67 bits per heavy atom. The summed E-state index contributed by atoms with van der Waals surface area (Å²) in [5.74, 6) is 0.943. The summed E-state index contributed by atoms with van der Waals surface area (Å²) in [6.07, 6.45) is 6.39. The molecule has 0 amide bonds. The van der Waals surface area contributed by atoms with Crippen molar-refractivity contribution in [1.82, 2.24) is 9.97 Å². The second-order valence-corrected chi connectivity index (χ2v) is 5.32. The van der Waals surface area contributed by atoms with Crippen molar-refractivity contribution in [3.8, 4) is 11.3 Å². The predicted molar refractivity (Wildman–Crippen MR) is 73.1 cm³/mol. The van der Waals surface area contributed by atoms with Gasteiger partial charge in [0.15, 0.2) is 0 Å². The Balaban J connectivity index is 1.97. The number of aromatic nitrogens is 2. The normalized spacial score (nSPS) is 18.1. The Labute approximate surface area is 107 Å². The van der Waals surface area contributed by atoms with Crippen molar-refractivity contribution < 1.29 is 0 Å². The van der Waals surface area contributed by atoms with Gasteiger partial charge in [0.05, 0.1) is 17.4 Å². The van der Waals surface area contributed by atoms with Crippen LogP contribution in [-0.4, -0.2) is 9.97 Å². The van der Waals surface area contributed by atoms with Gasteiger partial charge < -0.3 is 10.7 Å². The summed E-state index contributed by atoms with van der Waals surface area (Å²) in [5, 5.41) is 0. The summed E-state index contributed by atoms with van der Waals surface area (Å²) in [4.78, 5) is 7.92. The van der Waals surface area contributed by atoms with Gasteiger partial charge in [-0.15, -0.1) is 0 Å². The quantitative estimate of drug-likeness (QED) is 0.848. The third kappa shape index (κ3) is 1.85. The zero-order valence-electron chi connectivity index (χ0n) is 10.7. The van der Waals surface area contributed by atoms with Crippen molar-refractivity contribution >= 4 is 0 Å². The number of imidazole rings is 1. The number of aromatic amines is 1. The third-order valence-electron chi connectivity index (χ3n) is 3.98. The average molecular weight is 241 g/mol. The van der Waals surface area contributed by atoms with Crippen LogP contribution in [0.2, 0.25) is 0 Å². The minimum Gasteiger partial charge on any atom is -0.340 e. The van der Waals surface area contributed by atoms with Gasteiger partial charge in [-0.25, -0.2) is 4.98 Å². The lowest BCUT2D eigenvalue weighted by Gasteiger charge is -2.20. The molecule has 1 saturated carbocycles. The maximum Gasteiger partial charge on any atom is 0.126 e. The van der Waals surface area contributed by atoms with Gasteiger partial charge in [0.25, 0.3) is 0 Å². The fraction of sp³-hybridized carbons (Fsp3) is 0.400. The Hall–Kier alpha value is -1.61. The van der Waals surface area contributed by atoms with E-state index in [9.17, 15) is 0 Å². The molecule has 94 valence electrons. The molecule has 3 nitrogen and oxygen atoms in total. The standard InChI is InChI=1S/C15H19N3/c1-11-6-2-3-7-12(11)13-10-17-14(18-13)15(16)8-4-5-9-15/h2-3,6-7,10H,4-5,8-9,16H2,1H3,(H,17,18). The van der Waals surface area contributed by atoms with Crippen molar-refractivity contribution in [1.29, 1.82) is 0 Å². The summed E-state index contributed by atoms with van der Waals surface area (Å²) in [6.45, 7) is 2.11. The van der Waals surface area contributed by atoms with Gasteiger partial charge in [-0.1, -0.05) is 37.1 Å². The molecule has 3 rings (SSSR count). The molecule has 1 aliphatic carbocycles. The molecule has 0 radical (unpaired) electrons. The molecular weight excluding hydrogens is 222 g/mol. The monoisotopic (exact) mass is 241 g/mol. The third-order valence-corrected chi connectivity index (χ3v) is 3.98. The number of nitrogens with one attached hydrogen (secondary N) is 1. The molecule has 1 aliphatic rings. The smallest absolute Gasteiger partial charge is 0.126 e. The Kier molecular flexibility index (Phi) is 2.71. The van der Waals surface area contributed by atoms with E-state index in [4.69, 9.17) is 5.73 Å². The topological polar surface area (TPSA) is 54.7 Å². The molecule has 0 saturated heterocycles. The summed E-state index contributed by atoms with van der Waals surface area (Å²) >= 11 is 0. The van der Waals surface area contributed by atoms with Gasteiger partial charge in [-0.3, -0.25) is 0 Å². The Morgan fingerprint density at radius 1 is 1.22 bits per heavy atom. The number of aryl methyl sites for hydroxylation is 1. The highest BCUT2D eigenvalue weighted by Crippen LogP contribution is 2.35. The summed E-state index contributed by atoms with van der Waals surface area (Å²) in [5.41, 5.74) is 9.71. The van der Waals surface area contributed by atoms with E-state index >= 15 is 0 Å². The lowest BCUT2D eigenvalue weighted by atomic mass is 9.98. The van der Waals surface area contributed by atoms with E-state index in [2.05, 4.69) is 41.2 Å². The first-order chi connectivity index (χ1) is 8.69. The fourth-order valence-electron chi connectivity index (χ4n) is 2.83. The first kappa shape index (κ1) is 11.5. The van der Waals surface area contributed by atoms with Gasteiger partial charge in [0.1, 0.15) is 5.82 Å². The Morgan fingerprint density at radius 2 is 1.94 bits per heavy atom. The van der Waals surface area contributed by atoms with E-state index in [1.54, 1.807) is 0 Å². The molecule has 1 aromatic carbocycles. The van der Waals surface area contributed by atoms with Crippen LogP contribution in [0.15, 0.2) is 30.5 Å². The van der Waals surface area contributed by atoms with Crippen LogP contribution < -0.4 is 5.73 Å². The first-order valence-electron chi connectivity index (χ1n) is 6.59. The van der Waals surface area contributed by atoms with Crippen molar-refractivity contribution in [3.63, 3.8) is 0 Å². The van der Waals surface area contributed by atoms with Gasteiger partial charge >= 0.3 is 0 Å². The molecule has 0 aliphatic heterocycles. The first-order valence-corrected chi connectivity index (χ1v) is 6.59. The molecule has 3 N–H and O–H groups in total. The lowest BCUT2D eigenvalue weighted by Crippen LogP contribution is -2.34. The van der Waals surface area contributed by atoms with Gasteiger partial charge in [0.2, 0.25) is 0 Å². The highest BCUT2D eigenvalue weighted by Gasteiger charge is 2.33. The summed E-state index contributed by atoms with van der Waals surface area (Å²) in [7, 11) is 0. The lowest BCUT2D eigenvalue weighted by molar-refractivity contribution is 0.436. The molecule has 1 heterocycles.